The summed E-state index contributed by atoms with van der Waals surface area (Å²) in [4.78, 5) is 43.0. The SMILES string of the molecule is Cc1ccc(NC(=O)N2CCC(N3CCN(Cc4ccccc4)C(=O)C3=O)CC2)cc1. The van der Waals surface area contributed by atoms with E-state index in [4.69, 9.17) is 0 Å². The Morgan fingerprint density at radius 3 is 2.26 bits per heavy atom. The molecular weight excluding hydrogens is 392 g/mol. The van der Waals surface area contributed by atoms with E-state index in [0.717, 1.165) is 16.8 Å². The number of benzene rings is 2. The Hall–Kier alpha value is -3.35. The summed E-state index contributed by atoms with van der Waals surface area (Å²) in [5.41, 5.74) is 2.93. The van der Waals surface area contributed by atoms with E-state index in [1.165, 1.54) is 0 Å². The standard InChI is InChI=1S/C24H28N4O3/c1-18-7-9-20(10-8-18)25-24(31)26-13-11-21(12-14-26)28-16-15-27(22(29)23(28)30)17-19-5-3-2-4-6-19/h2-10,21H,11-17H2,1H3,(H,25,31). The van der Waals surface area contributed by atoms with Gasteiger partial charge in [-0.25, -0.2) is 4.79 Å². The Balaban J connectivity index is 1.29. The van der Waals surface area contributed by atoms with E-state index in [1.54, 1.807) is 14.7 Å². The Morgan fingerprint density at radius 2 is 1.58 bits per heavy atom. The quantitative estimate of drug-likeness (QED) is 0.773. The maximum absolute atomic E-state index is 12.8. The second kappa shape index (κ2) is 9.20. The number of piperidine rings is 1. The minimum absolute atomic E-state index is 0.00116. The Kier molecular flexibility index (Phi) is 6.21. The van der Waals surface area contributed by atoms with Crippen molar-refractivity contribution in [1.29, 1.82) is 0 Å². The number of hydrogen-bond donors (Lipinski definition) is 1. The van der Waals surface area contributed by atoms with Gasteiger partial charge in [0.1, 0.15) is 0 Å². The van der Waals surface area contributed by atoms with Crippen LogP contribution in [0.15, 0.2) is 54.6 Å². The van der Waals surface area contributed by atoms with Crippen LogP contribution in [-0.4, -0.2) is 64.8 Å². The van der Waals surface area contributed by atoms with Crippen LogP contribution in [0.4, 0.5) is 10.5 Å². The first-order valence-corrected chi connectivity index (χ1v) is 10.8. The second-order valence-electron chi connectivity index (χ2n) is 8.23. The van der Waals surface area contributed by atoms with Crippen LogP contribution >= 0.6 is 0 Å². The third-order valence-corrected chi connectivity index (χ3v) is 6.05. The molecule has 2 fully saturated rings. The first-order valence-electron chi connectivity index (χ1n) is 10.8. The number of carbonyl (C=O) groups is 3. The molecule has 7 nitrogen and oxygen atoms in total. The molecule has 0 radical (unpaired) electrons. The number of amides is 4. The summed E-state index contributed by atoms with van der Waals surface area (Å²) in [6.07, 6.45) is 1.36. The van der Waals surface area contributed by atoms with Gasteiger partial charge in [-0.05, 0) is 37.5 Å². The monoisotopic (exact) mass is 420 g/mol. The van der Waals surface area contributed by atoms with Crippen molar-refractivity contribution in [1.82, 2.24) is 14.7 Å². The molecule has 31 heavy (non-hydrogen) atoms. The fourth-order valence-electron chi connectivity index (χ4n) is 4.21. The van der Waals surface area contributed by atoms with Gasteiger partial charge in [-0.3, -0.25) is 9.59 Å². The lowest BCUT2D eigenvalue weighted by Gasteiger charge is -2.42. The van der Waals surface area contributed by atoms with Gasteiger partial charge in [-0.15, -0.1) is 0 Å². The third-order valence-electron chi connectivity index (χ3n) is 6.05. The van der Waals surface area contributed by atoms with E-state index in [-0.39, 0.29) is 12.1 Å². The molecule has 2 aliphatic heterocycles. The molecule has 0 spiro atoms. The highest BCUT2D eigenvalue weighted by Gasteiger charge is 2.37. The molecule has 4 rings (SSSR count). The molecule has 4 amide bonds. The van der Waals surface area contributed by atoms with Gasteiger partial charge in [0.05, 0.1) is 0 Å². The number of hydrogen-bond acceptors (Lipinski definition) is 3. The minimum atomic E-state index is -0.436. The lowest BCUT2D eigenvalue weighted by Crippen LogP contribution is -2.59. The van der Waals surface area contributed by atoms with Crippen molar-refractivity contribution in [2.75, 3.05) is 31.5 Å². The van der Waals surface area contributed by atoms with E-state index in [1.807, 2.05) is 61.5 Å². The Morgan fingerprint density at radius 1 is 0.903 bits per heavy atom. The van der Waals surface area contributed by atoms with Gasteiger partial charge in [0.25, 0.3) is 0 Å². The molecule has 162 valence electrons. The number of nitrogens with zero attached hydrogens (tertiary/aromatic N) is 3. The molecule has 0 bridgehead atoms. The van der Waals surface area contributed by atoms with Crippen molar-refractivity contribution in [3.8, 4) is 0 Å². The van der Waals surface area contributed by atoms with E-state index in [0.29, 0.717) is 45.6 Å². The van der Waals surface area contributed by atoms with Crippen LogP contribution in [0.25, 0.3) is 0 Å². The van der Waals surface area contributed by atoms with Gasteiger partial charge in [0.2, 0.25) is 0 Å². The van der Waals surface area contributed by atoms with Gasteiger partial charge in [-0.2, -0.15) is 0 Å². The number of urea groups is 1. The molecule has 0 unspecified atom stereocenters. The molecule has 2 aromatic carbocycles. The van der Waals surface area contributed by atoms with Crippen molar-refractivity contribution >= 4 is 23.5 Å². The number of likely N-dealkylation sites (tertiary alicyclic amines) is 1. The highest BCUT2D eigenvalue weighted by molar-refractivity contribution is 6.35. The molecule has 0 atom stereocenters. The highest BCUT2D eigenvalue weighted by atomic mass is 16.2. The average molecular weight is 421 g/mol. The first-order chi connectivity index (χ1) is 15.0. The van der Waals surface area contributed by atoms with Crippen LogP contribution in [0.3, 0.4) is 0 Å². The van der Waals surface area contributed by atoms with Crippen LogP contribution in [0.1, 0.15) is 24.0 Å². The zero-order valence-electron chi connectivity index (χ0n) is 17.8. The van der Waals surface area contributed by atoms with Crippen LogP contribution in [0, 0.1) is 6.92 Å². The smallest absolute Gasteiger partial charge is 0.321 e. The fourth-order valence-corrected chi connectivity index (χ4v) is 4.21. The number of nitrogens with one attached hydrogen (secondary N) is 1. The van der Waals surface area contributed by atoms with Gasteiger partial charge in [-0.1, -0.05) is 48.0 Å². The molecule has 0 saturated carbocycles. The van der Waals surface area contributed by atoms with Gasteiger partial charge in [0.15, 0.2) is 0 Å². The van der Waals surface area contributed by atoms with E-state index >= 15 is 0 Å². The van der Waals surface area contributed by atoms with E-state index in [2.05, 4.69) is 5.32 Å². The molecule has 0 aromatic heterocycles. The molecule has 1 N–H and O–H groups in total. The second-order valence-corrected chi connectivity index (χ2v) is 8.23. The van der Waals surface area contributed by atoms with Gasteiger partial charge in [0, 0.05) is 44.5 Å². The number of carbonyl (C=O) groups excluding carboxylic acids is 3. The maximum Gasteiger partial charge on any atom is 0.321 e. The van der Waals surface area contributed by atoms with Crippen LogP contribution < -0.4 is 5.32 Å². The lowest BCUT2D eigenvalue weighted by atomic mass is 10.0. The summed E-state index contributed by atoms with van der Waals surface area (Å²) in [7, 11) is 0. The first kappa shape index (κ1) is 20.9. The summed E-state index contributed by atoms with van der Waals surface area (Å²) in [6, 6.07) is 17.3. The Bertz CT molecular complexity index is 937. The summed E-state index contributed by atoms with van der Waals surface area (Å²) in [6.45, 7) is 4.66. The largest absolute Gasteiger partial charge is 0.330 e. The Labute approximate surface area is 182 Å². The predicted octanol–water partition coefficient (Wildman–Crippen LogP) is 2.86. The predicted molar refractivity (Wildman–Crippen MR) is 118 cm³/mol. The summed E-state index contributed by atoms with van der Waals surface area (Å²) < 4.78 is 0. The number of piperazine rings is 1. The molecule has 0 aliphatic carbocycles. The van der Waals surface area contributed by atoms with Crippen molar-refractivity contribution in [3.05, 3.63) is 65.7 Å². The summed E-state index contributed by atoms with van der Waals surface area (Å²) in [5, 5.41) is 2.92. The molecular formula is C24H28N4O3. The lowest BCUT2D eigenvalue weighted by molar-refractivity contribution is -0.158. The average Bonchev–Trinajstić information content (AvgIpc) is 2.79. The molecule has 2 aliphatic rings. The van der Waals surface area contributed by atoms with Crippen LogP contribution in [-0.2, 0) is 16.1 Å². The summed E-state index contributed by atoms with van der Waals surface area (Å²) >= 11 is 0. The van der Waals surface area contributed by atoms with Crippen molar-refractivity contribution in [2.24, 2.45) is 0 Å². The minimum Gasteiger partial charge on any atom is -0.330 e. The van der Waals surface area contributed by atoms with Gasteiger partial charge >= 0.3 is 17.8 Å². The van der Waals surface area contributed by atoms with Crippen molar-refractivity contribution < 1.29 is 14.4 Å². The molecule has 2 saturated heterocycles. The maximum atomic E-state index is 12.8. The highest BCUT2D eigenvalue weighted by Crippen LogP contribution is 2.21. The molecule has 7 heteroatoms. The normalized spacial score (nSPS) is 17.8. The van der Waals surface area contributed by atoms with E-state index < -0.39 is 11.8 Å². The van der Waals surface area contributed by atoms with E-state index in [9.17, 15) is 14.4 Å². The fraction of sp³-hybridized carbons (Fsp3) is 0.375. The zero-order valence-corrected chi connectivity index (χ0v) is 17.8. The zero-order chi connectivity index (χ0) is 21.8. The summed E-state index contributed by atoms with van der Waals surface area (Å²) in [5.74, 6) is -0.862. The topological polar surface area (TPSA) is 73.0 Å². The number of rotatable bonds is 4. The number of anilines is 1. The third kappa shape index (κ3) is 4.87. The molecule has 2 heterocycles. The van der Waals surface area contributed by atoms with Crippen molar-refractivity contribution in [3.63, 3.8) is 0 Å². The van der Waals surface area contributed by atoms with Gasteiger partial charge < -0.3 is 20.0 Å². The molecule has 2 aromatic rings. The number of aryl methyl sites for hydroxylation is 1. The van der Waals surface area contributed by atoms with Crippen LogP contribution in [0.2, 0.25) is 0 Å². The van der Waals surface area contributed by atoms with Crippen LogP contribution in [0.5, 0.6) is 0 Å². The van der Waals surface area contributed by atoms with Crippen molar-refractivity contribution in [2.45, 2.75) is 32.4 Å².